The van der Waals surface area contributed by atoms with Crippen LogP contribution in [0.3, 0.4) is 0 Å². The van der Waals surface area contributed by atoms with Crippen molar-refractivity contribution >= 4 is 11.9 Å². The number of carbonyl (C=O) groups is 2. The Labute approximate surface area is 142 Å². The van der Waals surface area contributed by atoms with Gasteiger partial charge >= 0.3 is 5.97 Å². The number of aliphatic carboxylic acids is 1. The molecule has 0 spiro atoms. The van der Waals surface area contributed by atoms with Gasteiger partial charge in [0.15, 0.2) is 0 Å². The van der Waals surface area contributed by atoms with Crippen molar-refractivity contribution in [3.05, 3.63) is 24.3 Å². The van der Waals surface area contributed by atoms with E-state index in [1.54, 1.807) is 0 Å². The van der Waals surface area contributed by atoms with Gasteiger partial charge < -0.3 is 19.9 Å². The maximum absolute atomic E-state index is 11.9. The predicted molar refractivity (Wildman–Crippen MR) is 89.2 cm³/mol. The van der Waals surface area contributed by atoms with Crippen LogP contribution >= 0.6 is 0 Å². The summed E-state index contributed by atoms with van der Waals surface area (Å²) in [6.07, 6.45) is 2.91. The zero-order valence-electron chi connectivity index (χ0n) is 14.0. The highest BCUT2D eigenvalue weighted by Gasteiger charge is 2.30. The van der Waals surface area contributed by atoms with Crippen LogP contribution in [-0.2, 0) is 9.59 Å². The van der Waals surface area contributed by atoms with Crippen LogP contribution in [0.2, 0.25) is 0 Å². The maximum Gasteiger partial charge on any atom is 0.306 e. The minimum Gasteiger partial charge on any atom is -0.494 e. The molecule has 1 aliphatic rings. The molecule has 1 aliphatic carbocycles. The Balaban J connectivity index is 1.60. The highest BCUT2D eigenvalue weighted by molar-refractivity contribution is 5.76. The summed E-state index contributed by atoms with van der Waals surface area (Å²) in [4.78, 5) is 22.8. The lowest BCUT2D eigenvalue weighted by molar-refractivity contribution is -0.141. The number of carboxylic acid groups (broad SMARTS) is 1. The van der Waals surface area contributed by atoms with Crippen LogP contribution in [0.5, 0.6) is 11.5 Å². The number of carboxylic acids is 1. The number of hydrogen-bond acceptors (Lipinski definition) is 4. The number of rotatable bonds is 9. The fourth-order valence-electron chi connectivity index (χ4n) is 2.86. The van der Waals surface area contributed by atoms with E-state index in [2.05, 4.69) is 5.32 Å². The molecule has 1 aromatic rings. The first-order valence-corrected chi connectivity index (χ1v) is 8.46. The lowest BCUT2D eigenvalue weighted by atomic mass is 10.1. The average molecular weight is 335 g/mol. The summed E-state index contributed by atoms with van der Waals surface area (Å²) >= 11 is 0. The maximum atomic E-state index is 11.9. The minimum atomic E-state index is -0.768. The number of nitrogens with one attached hydrogen (secondary N) is 1. The molecule has 1 aromatic carbocycles. The molecule has 132 valence electrons. The predicted octanol–water partition coefficient (Wildman–Crippen LogP) is 2.61. The average Bonchev–Trinajstić information content (AvgIpc) is 3.02. The van der Waals surface area contributed by atoms with Gasteiger partial charge in [0.05, 0.1) is 19.1 Å². The molecular weight excluding hydrogens is 310 g/mol. The van der Waals surface area contributed by atoms with Gasteiger partial charge in [-0.05, 0) is 56.9 Å². The van der Waals surface area contributed by atoms with Crippen LogP contribution < -0.4 is 14.8 Å². The second kappa shape index (κ2) is 9.15. The molecule has 0 bridgehead atoms. The number of hydrogen-bond donors (Lipinski definition) is 2. The fourth-order valence-corrected chi connectivity index (χ4v) is 2.86. The third kappa shape index (κ3) is 5.76. The Morgan fingerprint density at radius 1 is 1.17 bits per heavy atom. The van der Waals surface area contributed by atoms with E-state index in [0.29, 0.717) is 38.9 Å². The molecule has 0 unspecified atom stereocenters. The van der Waals surface area contributed by atoms with Crippen LogP contribution in [0.1, 0.15) is 39.0 Å². The van der Waals surface area contributed by atoms with Gasteiger partial charge in [-0.1, -0.05) is 0 Å². The molecule has 1 fully saturated rings. The number of ether oxygens (including phenoxy) is 2. The minimum absolute atomic E-state index is 0.00868. The second-order valence-corrected chi connectivity index (χ2v) is 5.97. The van der Waals surface area contributed by atoms with E-state index < -0.39 is 5.97 Å². The Morgan fingerprint density at radius 2 is 1.83 bits per heavy atom. The monoisotopic (exact) mass is 335 g/mol. The van der Waals surface area contributed by atoms with Gasteiger partial charge in [0.2, 0.25) is 5.91 Å². The van der Waals surface area contributed by atoms with Crippen molar-refractivity contribution in [1.82, 2.24) is 5.32 Å². The van der Waals surface area contributed by atoms with Crippen molar-refractivity contribution in [1.29, 1.82) is 0 Å². The van der Waals surface area contributed by atoms with Gasteiger partial charge in [-0.25, -0.2) is 0 Å². The molecule has 0 aliphatic heterocycles. The third-order valence-electron chi connectivity index (χ3n) is 4.10. The van der Waals surface area contributed by atoms with Crippen LogP contribution in [0, 0.1) is 5.92 Å². The Morgan fingerprint density at radius 3 is 2.42 bits per heavy atom. The van der Waals surface area contributed by atoms with Crippen molar-refractivity contribution in [2.75, 3.05) is 13.2 Å². The van der Waals surface area contributed by atoms with Crippen molar-refractivity contribution < 1.29 is 24.2 Å². The standard InChI is InChI=1S/C18H25NO5/c1-2-23-15-7-9-16(10-8-15)24-11-3-4-17(20)19-14-6-5-13(12-14)18(21)22/h7-10,13-14H,2-6,11-12H2,1H3,(H,19,20)(H,21,22)/t13-,14+/m1/s1. The van der Waals surface area contributed by atoms with E-state index in [0.717, 1.165) is 17.9 Å². The highest BCUT2D eigenvalue weighted by atomic mass is 16.5. The molecular formula is C18H25NO5. The van der Waals surface area contributed by atoms with E-state index in [9.17, 15) is 9.59 Å². The highest BCUT2D eigenvalue weighted by Crippen LogP contribution is 2.25. The normalized spacial score (nSPS) is 19.7. The number of amides is 1. The molecule has 1 saturated carbocycles. The van der Waals surface area contributed by atoms with E-state index in [1.165, 1.54) is 0 Å². The molecule has 0 radical (unpaired) electrons. The molecule has 1 amide bonds. The van der Waals surface area contributed by atoms with Crippen molar-refractivity contribution in [2.24, 2.45) is 5.92 Å². The van der Waals surface area contributed by atoms with Crippen LogP contribution in [0.15, 0.2) is 24.3 Å². The first-order valence-electron chi connectivity index (χ1n) is 8.46. The zero-order valence-corrected chi connectivity index (χ0v) is 14.0. The third-order valence-corrected chi connectivity index (χ3v) is 4.10. The summed E-state index contributed by atoms with van der Waals surface area (Å²) in [5.74, 6) is 0.426. The Bertz CT molecular complexity index is 543. The van der Waals surface area contributed by atoms with Crippen LogP contribution in [0.4, 0.5) is 0 Å². The molecule has 2 rings (SSSR count). The summed E-state index contributed by atoms with van der Waals surface area (Å²) < 4.78 is 11.0. The summed E-state index contributed by atoms with van der Waals surface area (Å²) in [5, 5.41) is 11.9. The SMILES string of the molecule is CCOc1ccc(OCCCC(=O)N[C@H]2CC[C@@H](C(=O)O)C2)cc1. The summed E-state index contributed by atoms with van der Waals surface area (Å²) in [7, 11) is 0. The molecule has 2 atom stereocenters. The first-order chi connectivity index (χ1) is 11.6. The lowest BCUT2D eigenvalue weighted by Crippen LogP contribution is -2.33. The summed E-state index contributed by atoms with van der Waals surface area (Å²) in [6.45, 7) is 3.02. The fraction of sp³-hybridized carbons (Fsp3) is 0.556. The smallest absolute Gasteiger partial charge is 0.306 e. The molecule has 24 heavy (non-hydrogen) atoms. The van der Waals surface area contributed by atoms with Crippen LogP contribution in [0.25, 0.3) is 0 Å². The number of carbonyl (C=O) groups excluding carboxylic acids is 1. The van der Waals surface area contributed by atoms with Crippen molar-refractivity contribution in [2.45, 2.75) is 45.1 Å². The molecule has 0 heterocycles. The van der Waals surface area contributed by atoms with E-state index in [-0.39, 0.29) is 17.9 Å². The van der Waals surface area contributed by atoms with Gasteiger partial charge in [0, 0.05) is 12.5 Å². The van der Waals surface area contributed by atoms with E-state index in [4.69, 9.17) is 14.6 Å². The van der Waals surface area contributed by atoms with Gasteiger partial charge in [-0.15, -0.1) is 0 Å². The largest absolute Gasteiger partial charge is 0.494 e. The Hall–Kier alpha value is -2.24. The van der Waals surface area contributed by atoms with Crippen LogP contribution in [-0.4, -0.2) is 36.2 Å². The molecule has 6 nitrogen and oxygen atoms in total. The van der Waals surface area contributed by atoms with Gasteiger partial charge in [0.1, 0.15) is 11.5 Å². The summed E-state index contributed by atoms with van der Waals surface area (Å²) in [6, 6.07) is 7.38. The lowest BCUT2D eigenvalue weighted by Gasteiger charge is -2.12. The van der Waals surface area contributed by atoms with E-state index >= 15 is 0 Å². The topological polar surface area (TPSA) is 84.9 Å². The van der Waals surface area contributed by atoms with E-state index in [1.807, 2.05) is 31.2 Å². The van der Waals surface area contributed by atoms with Gasteiger partial charge in [0.25, 0.3) is 0 Å². The van der Waals surface area contributed by atoms with Gasteiger partial charge in [-0.3, -0.25) is 9.59 Å². The van der Waals surface area contributed by atoms with Crippen molar-refractivity contribution in [3.63, 3.8) is 0 Å². The molecule has 2 N–H and O–H groups in total. The van der Waals surface area contributed by atoms with Crippen molar-refractivity contribution in [3.8, 4) is 11.5 Å². The summed E-state index contributed by atoms with van der Waals surface area (Å²) in [5.41, 5.74) is 0. The number of benzene rings is 1. The molecule has 0 saturated heterocycles. The zero-order chi connectivity index (χ0) is 17.4. The first kappa shape index (κ1) is 18.1. The Kier molecular flexibility index (Phi) is 6.90. The quantitative estimate of drug-likeness (QED) is 0.678. The second-order valence-electron chi connectivity index (χ2n) is 5.97. The molecule has 0 aromatic heterocycles. The van der Waals surface area contributed by atoms with Gasteiger partial charge in [-0.2, -0.15) is 0 Å². The molecule has 6 heteroatoms.